The van der Waals surface area contributed by atoms with Crippen molar-refractivity contribution in [2.45, 2.75) is 77.4 Å². The highest BCUT2D eigenvalue weighted by Gasteiger charge is 2.40. The maximum Gasteiger partial charge on any atom is 0.246 e. The third kappa shape index (κ3) is 6.73. The molecule has 11 heteroatoms. The van der Waals surface area contributed by atoms with Gasteiger partial charge in [0.1, 0.15) is 17.7 Å². The predicted octanol–water partition coefficient (Wildman–Crippen LogP) is 6.42. The second-order valence-electron chi connectivity index (χ2n) is 15.5. The monoisotopic (exact) mass is 701 g/mol. The summed E-state index contributed by atoms with van der Waals surface area (Å²) in [6, 6.07) is 16.7. The van der Waals surface area contributed by atoms with Gasteiger partial charge in [-0.3, -0.25) is 14.6 Å². The summed E-state index contributed by atoms with van der Waals surface area (Å²) in [5.41, 5.74) is 6.29. The molecule has 272 valence electrons. The number of carbonyl (C=O) groups excluding carboxylic acids is 2. The SMILES string of the molecule is CC(C)[C@@H](NC1=NCCN1C)C(=O)N1CCC[C@H]1c1ncc(-c2ccc(-c3ccc(-c4cnc([C@@H]5CCCN5C(=O)[C@@H](C)C5CC5)[nH]4)cc3)cc2)[nH]1. The average molecular weight is 702 g/mol. The van der Waals surface area contributed by atoms with Gasteiger partial charge in [0.2, 0.25) is 11.8 Å². The van der Waals surface area contributed by atoms with Crippen LogP contribution in [0.5, 0.6) is 0 Å². The Hall–Kier alpha value is -4.93. The molecule has 1 saturated carbocycles. The van der Waals surface area contributed by atoms with Gasteiger partial charge in [-0.15, -0.1) is 0 Å². The molecule has 3 fully saturated rings. The van der Waals surface area contributed by atoms with Crippen molar-refractivity contribution in [3.63, 3.8) is 0 Å². The number of nitrogens with one attached hydrogen (secondary N) is 3. The van der Waals surface area contributed by atoms with Crippen LogP contribution in [-0.4, -0.2) is 91.7 Å². The zero-order valence-electron chi connectivity index (χ0n) is 30.8. The van der Waals surface area contributed by atoms with Crippen LogP contribution < -0.4 is 5.32 Å². The summed E-state index contributed by atoms with van der Waals surface area (Å²) in [6.45, 7) is 9.42. The molecular formula is C41H51N9O2. The topological polar surface area (TPSA) is 126 Å². The molecule has 8 rings (SSSR count). The molecule has 2 aromatic carbocycles. The molecule has 52 heavy (non-hydrogen) atoms. The van der Waals surface area contributed by atoms with Gasteiger partial charge in [-0.25, -0.2) is 9.97 Å². The van der Waals surface area contributed by atoms with Crippen LogP contribution in [-0.2, 0) is 9.59 Å². The van der Waals surface area contributed by atoms with Crippen LogP contribution in [0, 0.1) is 17.8 Å². The number of likely N-dealkylation sites (tertiary alicyclic amines) is 2. The summed E-state index contributed by atoms with van der Waals surface area (Å²) in [5.74, 6) is 3.70. The van der Waals surface area contributed by atoms with E-state index in [0.29, 0.717) is 5.92 Å². The molecule has 0 spiro atoms. The number of benzene rings is 2. The number of aliphatic imine (C=N–C) groups is 1. The van der Waals surface area contributed by atoms with Crippen LogP contribution in [0.25, 0.3) is 33.6 Å². The lowest BCUT2D eigenvalue weighted by molar-refractivity contribution is -0.137. The molecule has 4 aliphatic rings. The van der Waals surface area contributed by atoms with E-state index in [1.54, 1.807) is 0 Å². The first kappa shape index (κ1) is 34.2. The third-order valence-electron chi connectivity index (χ3n) is 11.6. The molecule has 3 aliphatic heterocycles. The van der Waals surface area contributed by atoms with E-state index in [1.165, 1.54) is 12.8 Å². The quantitative estimate of drug-likeness (QED) is 0.175. The van der Waals surface area contributed by atoms with Gasteiger partial charge in [0, 0.05) is 32.6 Å². The van der Waals surface area contributed by atoms with Crippen molar-refractivity contribution in [2.24, 2.45) is 22.7 Å². The molecule has 4 aromatic rings. The molecule has 5 heterocycles. The van der Waals surface area contributed by atoms with Crippen molar-refractivity contribution in [1.29, 1.82) is 0 Å². The number of likely N-dealkylation sites (N-methyl/N-ethyl adjacent to an activating group) is 1. The van der Waals surface area contributed by atoms with Crippen LogP contribution in [0.1, 0.15) is 83.0 Å². The Balaban J connectivity index is 0.916. The van der Waals surface area contributed by atoms with E-state index in [2.05, 4.69) is 99.4 Å². The number of hydrogen-bond donors (Lipinski definition) is 3. The van der Waals surface area contributed by atoms with E-state index in [9.17, 15) is 9.59 Å². The van der Waals surface area contributed by atoms with Crippen molar-refractivity contribution >= 4 is 17.8 Å². The van der Waals surface area contributed by atoms with E-state index in [-0.39, 0.29) is 41.8 Å². The third-order valence-corrected chi connectivity index (χ3v) is 11.6. The normalized spacial score (nSPS) is 21.6. The number of hydrogen-bond acceptors (Lipinski definition) is 7. The first-order valence-corrected chi connectivity index (χ1v) is 19.2. The lowest BCUT2D eigenvalue weighted by Crippen LogP contribution is -2.53. The average Bonchev–Trinajstić information content (AvgIpc) is 3.75. The van der Waals surface area contributed by atoms with Crippen LogP contribution >= 0.6 is 0 Å². The number of carbonyl (C=O) groups is 2. The Bertz CT molecular complexity index is 1920. The highest BCUT2D eigenvalue weighted by Crippen LogP contribution is 2.41. The number of rotatable bonds is 10. The van der Waals surface area contributed by atoms with Gasteiger partial charge in [0.25, 0.3) is 0 Å². The number of H-pyrrole nitrogens is 2. The lowest BCUT2D eigenvalue weighted by Gasteiger charge is -2.31. The van der Waals surface area contributed by atoms with E-state index >= 15 is 0 Å². The number of imidazole rings is 2. The minimum atomic E-state index is -0.340. The van der Waals surface area contributed by atoms with E-state index in [4.69, 9.17) is 9.97 Å². The van der Waals surface area contributed by atoms with Crippen LogP contribution in [0.2, 0.25) is 0 Å². The summed E-state index contributed by atoms with van der Waals surface area (Å²) in [6.07, 6.45) is 9.95. The zero-order valence-corrected chi connectivity index (χ0v) is 30.8. The molecule has 1 aliphatic carbocycles. The number of guanidine groups is 1. The smallest absolute Gasteiger partial charge is 0.246 e. The van der Waals surface area contributed by atoms with Gasteiger partial charge in [0.15, 0.2) is 5.96 Å². The summed E-state index contributed by atoms with van der Waals surface area (Å²) in [5, 5.41) is 3.44. The predicted molar refractivity (Wildman–Crippen MR) is 203 cm³/mol. The summed E-state index contributed by atoms with van der Waals surface area (Å²) in [7, 11) is 2.01. The molecule has 3 N–H and O–H groups in total. The standard InChI is InChI=1S/C41H51N9O2/c1-25(2)36(47-41-42-19-22-48(41)4)40(52)50-21-6-8-35(50)38-44-24-33(46-38)31-17-13-29(14-18-31)28-11-15-30(16-12-28)32-23-43-37(45-32)34-7-5-20-49(34)39(51)26(3)27-9-10-27/h11-18,23-27,34-36H,5-10,19-22H2,1-4H3,(H,42,47)(H,43,45)(H,44,46)/t26-,34-,35-,36+/m0/s1. The number of aromatic amines is 2. The van der Waals surface area contributed by atoms with Crippen LogP contribution in [0.15, 0.2) is 65.9 Å². The molecule has 11 nitrogen and oxygen atoms in total. The Morgan fingerprint density at radius 2 is 1.21 bits per heavy atom. The van der Waals surface area contributed by atoms with Gasteiger partial charge < -0.3 is 30.0 Å². The van der Waals surface area contributed by atoms with Crippen LogP contribution in [0.4, 0.5) is 0 Å². The molecule has 2 saturated heterocycles. The van der Waals surface area contributed by atoms with Crippen molar-refractivity contribution < 1.29 is 9.59 Å². The number of nitrogens with zero attached hydrogens (tertiary/aromatic N) is 6. The van der Waals surface area contributed by atoms with Gasteiger partial charge in [-0.1, -0.05) is 69.3 Å². The fourth-order valence-corrected chi connectivity index (χ4v) is 8.20. The Kier molecular flexibility index (Phi) is 9.36. The molecule has 4 atom stereocenters. The van der Waals surface area contributed by atoms with Crippen molar-refractivity contribution in [2.75, 3.05) is 33.2 Å². The zero-order chi connectivity index (χ0) is 35.9. The molecule has 0 bridgehead atoms. The van der Waals surface area contributed by atoms with E-state index < -0.39 is 0 Å². The first-order valence-electron chi connectivity index (χ1n) is 19.2. The van der Waals surface area contributed by atoms with Gasteiger partial charge in [0.05, 0.1) is 42.4 Å². The fourth-order valence-electron chi connectivity index (χ4n) is 8.20. The van der Waals surface area contributed by atoms with Gasteiger partial charge >= 0.3 is 0 Å². The molecule has 0 unspecified atom stereocenters. The Labute approximate surface area is 306 Å². The summed E-state index contributed by atoms with van der Waals surface area (Å²) >= 11 is 0. The summed E-state index contributed by atoms with van der Waals surface area (Å²) in [4.78, 5) is 54.4. The largest absolute Gasteiger partial charge is 0.344 e. The maximum absolute atomic E-state index is 13.9. The highest BCUT2D eigenvalue weighted by atomic mass is 16.2. The lowest BCUT2D eigenvalue weighted by atomic mass is 10.0. The van der Waals surface area contributed by atoms with Gasteiger partial charge in [-0.05, 0) is 72.6 Å². The molecule has 0 radical (unpaired) electrons. The Morgan fingerprint density at radius 3 is 1.67 bits per heavy atom. The van der Waals surface area contributed by atoms with Crippen molar-refractivity contribution in [3.05, 3.63) is 72.6 Å². The summed E-state index contributed by atoms with van der Waals surface area (Å²) < 4.78 is 0. The highest BCUT2D eigenvalue weighted by molar-refractivity contribution is 5.90. The molecule has 2 amide bonds. The minimum absolute atomic E-state index is 0.0324. The molecule has 2 aromatic heterocycles. The second-order valence-corrected chi connectivity index (χ2v) is 15.5. The van der Waals surface area contributed by atoms with E-state index in [0.717, 1.165) is 103 Å². The second kappa shape index (κ2) is 14.2. The van der Waals surface area contributed by atoms with Crippen molar-refractivity contribution in [1.82, 2.24) is 40.0 Å². The number of amides is 2. The number of aromatic nitrogens is 4. The van der Waals surface area contributed by atoms with Gasteiger partial charge in [-0.2, -0.15) is 0 Å². The fraction of sp³-hybridized carbons (Fsp3) is 0.488. The van der Waals surface area contributed by atoms with Crippen molar-refractivity contribution in [3.8, 4) is 33.6 Å². The van der Waals surface area contributed by atoms with E-state index in [1.807, 2.05) is 24.3 Å². The van der Waals surface area contributed by atoms with Crippen LogP contribution in [0.3, 0.4) is 0 Å². The molecular weight excluding hydrogens is 651 g/mol. The first-order chi connectivity index (χ1) is 25.2. The Morgan fingerprint density at radius 1 is 0.712 bits per heavy atom. The minimum Gasteiger partial charge on any atom is -0.344 e. The maximum atomic E-state index is 13.9.